The Kier molecular flexibility index (Phi) is 14.3. The third kappa shape index (κ3) is 10.7. The Morgan fingerprint density at radius 3 is 1.54 bits per heavy atom. The maximum absolute atomic E-state index is 12.4. The molecule has 2 unspecified atom stereocenters. The van der Waals surface area contributed by atoms with Crippen LogP contribution in [0.15, 0.2) is 24.7 Å². The van der Waals surface area contributed by atoms with Crippen molar-refractivity contribution in [3.05, 3.63) is 24.7 Å². The van der Waals surface area contributed by atoms with E-state index in [2.05, 4.69) is 13.8 Å². The molecular formula is C24H40O4. The SMILES string of the molecule is CCCCCC/C=C/OC(=O)C1CCCCC1C(=O)O/C=C/CCCCCC. The summed E-state index contributed by atoms with van der Waals surface area (Å²) in [6.45, 7) is 4.37. The van der Waals surface area contributed by atoms with Gasteiger partial charge in [0.2, 0.25) is 0 Å². The lowest BCUT2D eigenvalue weighted by atomic mass is 9.79. The van der Waals surface area contributed by atoms with E-state index in [4.69, 9.17) is 9.47 Å². The Morgan fingerprint density at radius 2 is 1.14 bits per heavy atom. The van der Waals surface area contributed by atoms with Gasteiger partial charge in [-0.2, -0.15) is 0 Å². The summed E-state index contributed by atoms with van der Waals surface area (Å²) in [7, 11) is 0. The summed E-state index contributed by atoms with van der Waals surface area (Å²) in [6, 6.07) is 0. The highest BCUT2D eigenvalue weighted by Crippen LogP contribution is 2.32. The van der Waals surface area contributed by atoms with Crippen LogP contribution in [0.1, 0.15) is 104 Å². The third-order valence-corrected chi connectivity index (χ3v) is 5.38. The smallest absolute Gasteiger partial charge is 0.314 e. The Hall–Kier alpha value is -1.58. The third-order valence-electron chi connectivity index (χ3n) is 5.38. The zero-order valence-corrected chi connectivity index (χ0v) is 18.0. The molecule has 0 radical (unpaired) electrons. The molecule has 0 spiro atoms. The Balaban J connectivity index is 2.36. The molecule has 2 atom stereocenters. The van der Waals surface area contributed by atoms with Crippen LogP contribution in [-0.2, 0) is 19.1 Å². The van der Waals surface area contributed by atoms with Crippen LogP contribution in [0.25, 0.3) is 0 Å². The van der Waals surface area contributed by atoms with E-state index >= 15 is 0 Å². The zero-order chi connectivity index (χ0) is 20.5. The number of rotatable bonds is 14. The monoisotopic (exact) mass is 392 g/mol. The lowest BCUT2D eigenvalue weighted by molar-refractivity contribution is -0.156. The van der Waals surface area contributed by atoms with Crippen molar-refractivity contribution in [2.24, 2.45) is 11.8 Å². The van der Waals surface area contributed by atoms with Crippen molar-refractivity contribution in [1.82, 2.24) is 0 Å². The Bertz CT molecular complexity index is 437. The van der Waals surface area contributed by atoms with E-state index in [1.54, 1.807) is 0 Å². The quantitative estimate of drug-likeness (QED) is 0.184. The van der Waals surface area contributed by atoms with E-state index < -0.39 is 0 Å². The molecule has 0 heterocycles. The number of esters is 2. The molecular weight excluding hydrogens is 352 g/mol. The molecule has 0 aromatic rings. The van der Waals surface area contributed by atoms with E-state index in [1.807, 2.05) is 12.2 Å². The van der Waals surface area contributed by atoms with E-state index in [-0.39, 0.29) is 23.8 Å². The molecule has 4 heteroatoms. The minimum Gasteiger partial charge on any atom is -0.435 e. The molecule has 0 aromatic heterocycles. The van der Waals surface area contributed by atoms with Crippen LogP contribution in [0, 0.1) is 11.8 Å². The van der Waals surface area contributed by atoms with Crippen molar-refractivity contribution in [3.8, 4) is 0 Å². The van der Waals surface area contributed by atoms with Crippen LogP contribution in [0.2, 0.25) is 0 Å². The highest BCUT2D eigenvalue weighted by molar-refractivity contribution is 5.82. The normalized spacial score (nSPS) is 19.9. The van der Waals surface area contributed by atoms with Gasteiger partial charge in [-0.25, -0.2) is 0 Å². The van der Waals surface area contributed by atoms with Gasteiger partial charge in [0.15, 0.2) is 0 Å². The first kappa shape index (κ1) is 24.5. The highest BCUT2D eigenvalue weighted by atomic mass is 16.5. The van der Waals surface area contributed by atoms with Crippen LogP contribution in [0.5, 0.6) is 0 Å². The molecule has 0 N–H and O–H groups in total. The van der Waals surface area contributed by atoms with Gasteiger partial charge >= 0.3 is 11.9 Å². The van der Waals surface area contributed by atoms with Crippen LogP contribution in [0.4, 0.5) is 0 Å². The maximum Gasteiger partial charge on any atom is 0.314 e. The fourth-order valence-electron chi connectivity index (χ4n) is 3.61. The molecule has 1 fully saturated rings. The number of carbonyl (C=O) groups excluding carboxylic acids is 2. The molecule has 1 saturated carbocycles. The highest BCUT2D eigenvalue weighted by Gasteiger charge is 2.37. The topological polar surface area (TPSA) is 52.6 Å². The average molecular weight is 393 g/mol. The van der Waals surface area contributed by atoms with Crippen molar-refractivity contribution >= 4 is 11.9 Å². The van der Waals surface area contributed by atoms with Crippen LogP contribution >= 0.6 is 0 Å². The molecule has 4 nitrogen and oxygen atoms in total. The van der Waals surface area contributed by atoms with E-state index in [0.717, 1.165) is 38.5 Å². The molecule has 0 bridgehead atoms. The summed E-state index contributed by atoms with van der Waals surface area (Å²) in [6.07, 6.45) is 21.5. The van der Waals surface area contributed by atoms with E-state index in [0.29, 0.717) is 12.8 Å². The lowest BCUT2D eigenvalue weighted by Crippen LogP contribution is -2.33. The molecule has 1 aliphatic rings. The summed E-state index contributed by atoms with van der Waals surface area (Å²) in [5.41, 5.74) is 0. The number of unbranched alkanes of at least 4 members (excludes halogenated alkanes) is 8. The van der Waals surface area contributed by atoms with Gasteiger partial charge in [-0.15, -0.1) is 0 Å². The summed E-state index contributed by atoms with van der Waals surface area (Å²) in [5, 5.41) is 0. The molecule has 1 aliphatic carbocycles. The summed E-state index contributed by atoms with van der Waals surface area (Å²) < 4.78 is 10.6. The fraction of sp³-hybridized carbons (Fsp3) is 0.750. The first-order chi connectivity index (χ1) is 13.7. The number of hydrogen-bond donors (Lipinski definition) is 0. The number of carbonyl (C=O) groups is 2. The van der Waals surface area contributed by atoms with Crippen LogP contribution in [0.3, 0.4) is 0 Å². The second kappa shape index (κ2) is 16.4. The van der Waals surface area contributed by atoms with Crippen molar-refractivity contribution in [2.75, 3.05) is 0 Å². The van der Waals surface area contributed by atoms with Gasteiger partial charge in [0.25, 0.3) is 0 Å². The fourth-order valence-corrected chi connectivity index (χ4v) is 3.61. The van der Waals surface area contributed by atoms with Crippen LogP contribution < -0.4 is 0 Å². The first-order valence-corrected chi connectivity index (χ1v) is 11.4. The van der Waals surface area contributed by atoms with Crippen molar-refractivity contribution < 1.29 is 19.1 Å². The number of ether oxygens (including phenoxy) is 2. The van der Waals surface area contributed by atoms with Crippen LogP contribution in [-0.4, -0.2) is 11.9 Å². The number of allylic oxidation sites excluding steroid dienone is 2. The summed E-state index contributed by atoms with van der Waals surface area (Å²) in [4.78, 5) is 24.9. The predicted octanol–water partition coefficient (Wildman–Crippen LogP) is 6.85. The summed E-state index contributed by atoms with van der Waals surface area (Å²) >= 11 is 0. The second-order valence-electron chi connectivity index (χ2n) is 7.81. The van der Waals surface area contributed by atoms with Crippen molar-refractivity contribution in [2.45, 2.75) is 104 Å². The lowest BCUT2D eigenvalue weighted by Gasteiger charge is -2.27. The minimum atomic E-state index is -0.385. The van der Waals surface area contributed by atoms with Crippen molar-refractivity contribution in [1.29, 1.82) is 0 Å². The molecule has 0 amide bonds. The molecule has 0 saturated heterocycles. The second-order valence-corrected chi connectivity index (χ2v) is 7.81. The molecule has 0 aliphatic heterocycles. The molecule has 160 valence electrons. The first-order valence-electron chi connectivity index (χ1n) is 11.4. The van der Waals surface area contributed by atoms with Crippen molar-refractivity contribution in [3.63, 3.8) is 0 Å². The summed E-state index contributed by atoms with van der Waals surface area (Å²) in [5.74, 6) is -1.36. The average Bonchev–Trinajstić information content (AvgIpc) is 2.72. The zero-order valence-electron chi connectivity index (χ0n) is 18.0. The van der Waals surface area contributed by atoms with Gasteiger partial charge in [0.05, 0.1) is 24.4 Å². The molecule has 28 heavy (non-hydrogen) atoms. The van der Waals surface area contributed by atoms with E-state index in [9.17, 15) is 9.59 Å². The van der Waals surface area contributed by atoms with Gasteiger partial charge in [0.1, 0.15) is 0 Å². The molecule has 1 rings (SSSR count). The Morgan fingerprint density at radius 1 is 0.714 bits per heavy atom. The van der Waals surface area contributed by atoms with Gasteiger partial charge in [-0.3, -0.25) is 9.59 Å². The predicted molar refractivity (Wildman–Crippen MR) is 113 cm³/mol. The molecule has 0 aromatic carbocycles. The van der Waals surface area contributed by atoms with Gasteiger partial charge < -0.3 is 9.47 Å². The standard InChI is InChI=1S/C24H40O4/c1-3-5-7-9-11-15-19-27-23(25)21-17-13-14-18-22(21)24(26)28-20-16-12-10-8-6-4-2/h15-16,19-22H,3-14,17-18H2,1-2H3/b19-15+,20-16+. The van der Waals surface area contributed by atoms with Gasteiger partial charge in [-0.1, -0.05) is 65.2 Å². The largest absolute Gasteiger partial charge is 0.435 e. The van der Waals surface area contributed by atoms with Gasteiger partial charge in [0, 0.05) is 0 Å². The van der Waals surface area contributed by atoms with Gasteiger partial charge in [-0.05, 0) is 50.7 Å². The Labute approximate surface area is 171 Å². The minimum absolute atomic E-state index is 0.296. The number of hydrogen-bond acceptors (Lipinski definition) is 4. The maximum atomic E-state index is 12.4. The van der Waals surface area contributed by atoms with E-state index in [1.165, 1.54) is 51.0 Å².